The number of guanidine groups is 1. The van der Waals surface area contributed by atoms with E-state index in [1.807, 2.05) is 20.0 Å². The van der Waals surface area contributed by atoms with Crippen LogP contribution in [0, 0.1) is 17.4 Å². The Kier molecular flexibility index (Phi) is 6.94. The van der Waals surface area contributed by atoms with Crippen LogP contribution in [0.15, 0.2) is 53.8 Å². The first-order valence-electron chi connectivity index (χ1n) is 7.96. The van der Waals surface area contributed by atoms with Gasteiger partial charge in [-0.3, -0.25) is 15.1 Å². The van der Waals surface area contributed by atoms with Gasteiger partial charge in [-0.1, -0.05) is 25.4 Å². The van der Waals surface area contributed by atoms with Crippen molar-refractivity contribution in [3.05, 3.63) is 59.4 Å². The van der Waals surface area contributed by atoms with Gasteiger partial charge in [-0.05, 0) is 42.3 Å². The number of aromatic nitrogens is 1. The molecule has 0 aliphatic heterocycles. The van der Waals surface area contributed by atoms with Gasteiger partial charge in [0, 0.05) is 16.8 Å². The first kappa shape index (κ1) is 19.2. The second-order valence-electron chi connectivity index (χ2n) is 5.75. The zero-order valence-corrected chi connectivity index (χ0v) is 15.2. The third kappa shape index (κ3) is 5.76. The number of rotatable bonds is 5. The molecule has 1 aromatic carbocycles. The average molecular weight is 371 g/mol. The van der Waals surface area contributed by atoms with Crippen molar-refractivity contribution in [1.82, 2.24) is 15.6 Å². The number of benzene rings is 1. The third-order valence-corrected chi connectivity index (χ3v) is 3.64. The van der Waals surface area contributed by atoms with E-state index in [4.69, 9.17) is 16.9 Å². The summed E-state index contributed by atoms with van der Waals surface area (Å²) in [6, 6.07) is 10.1. The average Bonchev–Trinajstić information content (AvgIpc) is 2.62. The van der Waals surface area contributed by atoms with E-state index in [1.54, 1.807) is 48.8 Å². The van der Waals surface area contributed by atoms with Gasteiger partial charge in [-0.2, -0.15) is 5.26 Å². The van der Waals surface area contributed by atoms with Crippen LogP contribution in [-0.2, 0) is 0 Å². The van der Waals surface area contributed by atoms with Crippen LogP contribution in [0.3, 0.4) is 0 Å². The van der Waals surface area contributed by atoms with Crippen LogP contribution in [-0.4, -0.2) is 23.0 Å². The Labute approximate surface area is 157 Å². The van der Waals surface area contributed by atoms with Crippen LogP contribution in [0.4, 0.5) is 5.69 Å². The van der Waals surface area contributed by atoms with Crippen LogP contribution in [0.1, 0.15) is 24.2 Å². The Morgan fingerprint density at radius 3 is 2.58 bits per heavy atom. The number of aliphatic imine (C=N–C) groups is 1. The molecule has 0 saturated heterocycles. The molecule has 8 heteroatoms. The number of carbonyl (C=O) groups is 1. The minimum absolute atomic E-state index is 0.00237. The van der Waals surface area contributed by atoms with Crippen molar-refractivity contribution in [1.29, 1.82) is 5.26 Å². The van der Waals surface area contributed by atoms with E-state index in [0.29, 0.717) is 16.3 Å². The highest BCUT2D eigenvalue weighted by Gasteiger charge is 2.17. The molecule has 0 fully saturated rings. The third-order valence-electron chi connectivity index (χ3n) is 3.38. The molecule has 1 aromatic heterocycles. The molecule has 0 aliphatic carbocycles. The van der Waals surface area contributed by atoms with E-state index in [9.17, 15) is 4.79 Å². The quantitative estimate of drug-likeness (QED) is 0.325. The fourth-order valence-corrected chi connectivity index (χ4v) is 2.15. The minimum Gasteiger partial charge on any atom is -0.330 e. The van der Waals surface area contributed by atoms with Gasteiger partial charge in [0.2, 0.25) is 5.96 Å². The van der Waals surface area contributed by atoms with E-state index in [0.717, 1.165) is 0 Å². The lowest BCUT2D eigenvalue weighted by Crippen LogP contribution is -2.40. The van der Waals surface area contributed by atoms with Gasteiger partial charge >= 0.3 is 0 Å². The number of pyridine rings is 1. The smallest absolute Gasteiger partial charge is 0.252 e. The van der Waals surface area contributed by atoms with Crippen molar-refractivity contribution >= 4 is 29.2 Å². The summed E-state index contributed by atoms with van der Waals surface area (Å²) in [7, 11) is 0. The summed E-state index contributed by atoms with van der Waals surface area (Å²) in [5.74, 6) is -0.0603. The molecule has 1 heterocycles. The van der Waals surface area contributed by atoms with Crippen molar-refractivity contribution in [3.8, 4) is 6.19 Å². The van der Waals surface area contributed by atoms with Crippen molar-refractivity contribution in [2.75, 3.05) is 5.32 Å². The predicted molar refractivity (Wildman–Crippen MR) is 102 cm³/mol. The molecule has 1 atom stereocenters. The highest BCUT2D eigenvalue weighted by molar-refractivity contribution is 6.30. The molecule has 1 unspecified atom stereocenters. The lowest BCUT2D eigenvalue weighted by molar-refractivity contribution is 0.0928. The van der Waals surface area contributed by atoms with E-state index >= 15 is 0 Å². The lowest BCUT2D eigenvalue weighted by Gasteiger charge is -2.20. The van der Waals surface area contributed by atoms with E-state index < -0.39 is 6.17 Å². The summed E-state index contributed by atoms with van der Waals surface area (Å²) >= 11 is 5.85. The Morgan fingerprint density at radius 2 is 2.00 bits per heavy atom. The maximum atomic E-state index is 12.4. The fraction of sp³-hybridized carbons (Fsp3) is 0.222. The number of nitriles is 1. The summed E-state index contributed by atoms with van der Waals surface area (Å²) < 4.78 is 0. The molecule has 0 radical (unpaired) electrons. The zero-order chi connectivity index (χ0) is 18.9. The number of halogens is 1. The second-order valence-corrected chi connectivity index (χ2v) is 6.19. The first-order valence-corrected chi connectivity index (χ1v) is 8.33. The first-order chi connectivity index (χ1) is 12.5. The van der Waals surface area contributed by atoms with Crippen LogP contribution in [0.5, 0.6) is 0 Å². The molecule has 7 nitrogen and oxygen atoms in total. The molecule has 26 heavy (non-hydrogen) atoms. The summed E-state index contributed by atoms with van der Waals surface area (Å²) in [5.41, 5.74) is 1.14. The largest absolute Gasteiger partial charge is 0.330 e. The number of hydrogen-bond acceptors (Lipinski definition) is 4. The number of hydrogen-bond donors (Lipinski definition) is 3. The van der Waals surface area contributed by atoms with Crippen LogP contribution in [0.2, 0.25) is 5.02 Å². The van der Waals surface area contributed by atoms with Gasteiger partial charge in [-0.15, -0.1) is 0 Å². The van der Waals surface area contributed by atoms with Crippen LogP contribution < -0.4 is 16.0 Å². The predicted octanol–water partition coefficient (Wildman–Crippen LogP) is 2.99. The highest BCUT2D eigenvalue weighted by atomic mass is 35.5. The molecule has 0 aliphatic rings. The van der Waals surface area contributed by atoms with E-state index in [2.05, 4.69) is 25.9 Å². The van der Waals surface area contributed by atoms with Gasteiger partial charge in [0.15, 0.2) is 6.19 Å². The monoisotopic (exact) mass is 370 g/mol. The molecule has 0 spiro atoms. The minimum atomic E-state index is -0.543. The molecular weight excluding hydrogens is 352 g/mol. The molecule has 0 saturated carbocycles. The van der Waals surface area contributed by atoms with Crippen molar-refractivity contribution in [3.63, 3.8) is 0 Å². The number of nitrogens with one attached hydrogen (secondary N) is 3. The van der Waals surface area contributed by atoms with E-state index in [1.165, 1.54) is 0 Å². The van der Waals surface area contributed by atoms with Crippen molar-refractivity contribution in [2.45, 2.75) is 20.0 Å². The summed E-state index contributed by atoms with van der Waals surface area (Å²) in [5, 5.41) is 17.8. The van der Waals surface area contributed by atoms with Gasteiger partial charge in [0.1, 0.15) is 6.17 Å². The van der Waals surface area contributed by atoms with Crippen LogP contribution >= 0.6 is 11.6 Å². The number of amides is 1. The molecule has 1 amide bonds. The molecule has 0 bridgehead atoms. The number of carbonyl (C=O) groups excluding carboxylic acids is 1. The van der Waals surface area contributed by atoms with Crippen molar-refractivity contribution in [2.24, 2.45) is 10.9 Å². The summed E-state index contributed by atoms with van der Waals surface area (Å²) in [4.78, 5) is 20.9. The molecule has 134 valence electrons. The van der Waals surface area contributed by atoms with Gasteiger partial charge in [0.05, 0.1) is 11.9 Å². The molecular formula is C18H19ClN6O. The van der Waals surface area contributed by atoms with Gasteiger partial charge < -0.3 is 10.6 Å². The maximum Gasteiger partial charge on any atom is 0.252 e. The number of anilines is 1. The SMILES string of the molecule is CC(C)C(N=C(NC#N)Nc1cccnc1)NC(=O)c1ccc(Cl)cc1. The number of nitrogens with zero attached hydrogens (tertiary/aromatic N) is 3. The Morgan fingerprint density at radius 1 is 1.27 bits per heavy atom. The Bertz CT molecular complexity index is 799. The van der Waals surface area contributed by atoms with E-state index in [-0.39, 0.29) is 17.8 Å². The van der Waals surface area contributed by atoms with Gasteiger partial charge in [-0.25, -0.2) is 4.99 Å². The van der Waals surface area contributed by atoms with Crippen molar-refractivity contribution < 1.29 is 4.79 Å². The topological polar surface area (TPSA) is 102 Å². The molecule has 2 aromatic rings. The fourth-order valence-electron chi connectivity index (χ4n) is 2.03. The maximum absolute atomic E-state index is 12.4. The molecule has 2 rings (SSSR count). The summed E-state index contributed by atoms with van der Waals surface area (Å²) in [6.45, 7) is 3.84. The second kappa shape index (κ2) is 9.39. The Hall–Kier alpha value is -3.11. The Balaban J connectivity index is 2.17. The normalized spacial score (nSPS) is 12.2. The zero-order valence-electron chi connectivity index (χ0n) is 14.4. The lowest BCUT2D eigenvalue weighted by atomic mass is 10.1. The highest BCUT2D eigenvalue weighted by Crippen LogP contribution is 2.11. The molecule has 3 N–H and O–H groups in total. The summed E-state index contributed by atoms with van der Waals surface area (Å²) in [6.07, 6.45) is 4.53. The van der Waals surface area contributed by atoms with Gasteiger partial charge in [0.25, 0.3) is 5.91 Å². The van der Waals surface area contributed by atoms with Crippen LogP contribution in [0.25, 0.3) is 0 Å². The standard InChI is InChI=1S/C18H19ClN6O/c1-12(2)16(24-17(26)13-5-7-14(19)8-6-13)25-18(22-11-20)23-15-4-3-9-21-10-15/h3-10,12,16H,1-2H3,(H,24,26)(H2,22,23,25).